The van der Waals surface area contributed by atoms with E-state index in [0.29, 0.717) is 17.1 Å². The number of fused-ring (bicyclic) bond motifs is 1. The second-order valence-electron chi connectivity index (χ2n) is 5.39. The van der Waals surface area contributed by atoms with Crippen LogP contribution in [0.25, 0.3) is 10.9 Å². The third kappa shape index (κ3) is 3.27. The van der Waals surface area contributed by atoms with Crippen molar-refractivity contribution in [2.45, 2.75) is 13.5 Å². The molecule has 5 heteroatoms. The molecule has 1 aromatic heterocycles. The van der Waals surface area contributed by atoms with Crippen molar-refractivity contribution in [3.8, 4) is 0 Å². The van der Waals surface area contributed by atoms with Gasteiger partial charge in [0.05, 0.1) is 5.52 Å². The number of nitrogens with two attached hydrogens (primary N) is 1. The van der Waals surface area contributed by atoms with Crippen LogP contribution in [0.5, 0.6) is 0 Å². The minimum atomic E-state index is -0.430. The van der Waals surface area contributed by atoms with Crippen LogP contribution >= 0.6 is 11.6 Å². The Hall–Kier alpha value is -2.59. The maximum atomic E-state index is 11.4. The minimum Gasteiger partial charge on any atom is -0.381 e. The number of carbonyl (C=O) groups excluding carboxylic acids is 1. The summed E-state index contributed by atoms with van der Waals surface area (Å²) in [5.41, 5.74) is 9.50. The first-order valence-electron chi connectivity index (χ1n) is 7.22. The molecule has 0 spiro atoms. The van der Waals surface area contributed by atoms with Crippen molar-refractivity contribution in [3.63, 3.8) is 0 Å². The quantitative estimate of drug-likeness (QED) is 0.764. The average molecular weight is 326 g/mol. The lowest BCUT2D eigenvalue weighted by Gasteiger charge is -2.11. The van der Waals surface area contributed by atoms with Gasteiger partial charge < -0.3 is 11.1 Å². The van der Waals surface area contributed by atoms with Crippen molar-refractivity contribution in [2.75, 3.05) is 5.32 Å². The Labute approximate surface area is 139 Å². The first-order chi connectivity index (χ1) is 11.0. The first-order valence-corrected chi connectivity index (χ1v) is 7.60. The lowest BCUT2D eigenvalue weighted by atomic mass is 10.1. The van der Waals surface area contributed by atoms with Gasteiger partial charge in [-0.15, -0.1) is 0 Å². The van der Waals surface area contributed by atoms with Gasteiger partial charge in [0.25, 0.3) is 0 Å². The number of hydrogen-bond acceptors (Lipinski definition) is 3. The van der Waals surface area contributed by atoms with E-state index >= 15 is 0 Å². The second kappa shape index (κ2) is 6.26. The van der Waals surface area contributed by atoms with E-state index in [2.05, 4.69) is 10.3 Å². The summed E-state index contributed by atoms with van der Waals surface area (Å²) in [4.78, 5) is 15.9. The Balaban J connectivity index is 1.89. The van der Waals surface area contributed by atoms with Crippen LogP contribution in [0.4, 0.5) is 5.69 Å². The minimum absolute atomic E-state index is 0.430. The Bertz CT molecular complexity index is 893. The fourth-order valence-corrected chi connectivity index (χ4v) is 2.81. The predicted octanol–water partition coefficient (Wildman–Crippen LogP) is 3.91. The summed E-state index contributed by atoms with van der Waals surface area (Å²) in [7, 11) is 0. The number of carbonyl (C=O) groups is 1. The zero-order valence-electron chi connectivity index (χ0n) is 12.6. The Kier molecular flexibility index (Phi) is 4.17. The van der Waals surface area contributed by atoms with E-state index in [9.17, 15) is 4.79 Å². The Morgan fingerprint density at radius 2 is 2.09 bits per heavy atom. The predicted molar refractivity (Wildman–Crippen MR) is 93.8 cm³/mol. The molecule has 4 nitrogen and oxygen atoms in total. The number of anilines is 1. The fourth-order valence-electron chi connectivity index (χ4n) is 2.56. The molecule has 1 heterocycles. The number of nitrogens with one attached hydrogen (secondary N) is 1. The highest BCUT2D eigenvalue weighted by molar-refractivity contribution is 6.31. The van der Waals surface area contributed by atoms with E-state index in [1.165, 1.54) is 0 Å². The van der Waals surface area contributed by atoms with Crippen LogP contribution in [-0.4, -0.2) is 10.9 Å². The molecule has 0 fully saturated rings. The van der Waals surface area contributed by atoms with Gasteiger partial charge in [-0.25, -0.2) is 0 Å². The number of pyridine rings is 1. The molecule has 23 heavy (non-hydrogen) atoms. The van der Waals surface area contributed by atoms with Crippen LogP contribution in [0.1, 0.15) is 21.5 Å². The highest BCUT2D eigenvalue weighted by atomic mass is 35.5. The summed E-state index contributed by atoms with van der Waals surface area (Å²) < 4.78 is 0. The van der Waals surface area contributed by atoms with Gasteiger partial charge >= 0.3 is 0 Å². The third-order valence-corrected chi connectivity index (χ3v) is 3.95. The monoisotopic (exact) mass is 325 g/mol. The maximum Gasteiger partial charge on any atom is 0.249 e. The Morgan fingerprint density at radius 3 is 2.87 bits per heavy atom. The van der Waals surface area contributed by atoms with Gasteiger partial charge in [-0.2, -0.15) is 0 Å². The highest BCUT2D eigenvalue weighted by Gasteiger charge is 2.08. The SMILES string of the molecule is Cc1ccc(NCc2cc(Cl)cc3cccnc23)cc1C(N)=O. The lowest BCUT2D eigenvalue weighted by molar-refractivity contribution is 0.1000. The number of primary amides is 1. The maximum absolute atomic E-state index is 11.4. The number of benzene rings is 2. The number of aromatic nitrogens is 1. The van der Waals surface area contributed by atoms with Crippen LogP contribution in [0.15, 0.2) is 48.7 Å². The Morgan fingerprint density at radius 1 is 1.26 bits per heavy atom. The highest BCUT2D eigenvalue weighted by Crippen LogP contribution is 2.23. The van der Waals surface area contributed by atoms with Crippen LogP contribution in [-0.2, 0) is 6.54 Å². The summed E-state index contributed by atoms with van der Waals surface area (Å²) in [6.07, 6.45) is 1.76. The number of rotatable bonds is 4. The molecule has 0 saturated heterocycles. The van der Waals surface area contributed by atoms with E-state index in [1.807, 2.05) is 43.3 Å². The summed E-state index contributed by atoms with van der Waals surface area (Å²) in [5, 5.41) is 4.97. The molecule has 0 aliphatic rings. The number of aryl methyl sites for hydroxylation is 1. The molecule has 0 saturated carbocycles. The fraction of sp³-hybridized carbons (Fsp3) is 0.111. The zero-order valence-corrected chi connectivity index (χ0v) is 13.4. The molecule has 0 radical (unpaired) electrons. The smallest absolute Gasteiger partial charge is 0.249 e. The van der Waals surface area contributed by atoms with E-state index in [-0.39, 0.29) is 0 Å². The van der Waals surface area contributed by atoms with E-state index in [4.69, 9.17) is 17.3 Å². The number of amides is 1. The standard InChI is InChI=1S/C18H16ClN3O/c1-11-4-5-15(9-16(11)18(20)23)22-10-13-8-14(19)7-12-3-2-6-21-17(12)13/h2-9,22H,10H2,1H3,(H2,20,23). The van der Waals surface area contributed by atoms with E-state index in [1.54, 1.807) is 12.3 Å². The number of halogens is 1. The molecule has 2 aromatic carbocycles. The summed E-state index contributed by atoms with van der Waals surface area (Å²) in [6, 6.07) is 13.2. The van der Waals surface area contributed by atoms with Gasteiger partial charge in [0.15, 0.2) is 0 Å². The van der Waals surface area contributed by atoms with Crippen LogP contribution in [0.2, 0.25) is 5.02 Å². The van der Waals surface area contributed by atoms with E-state index < -0.39 is 5.91 Å². The molecular formula is C18H16ClN3O. The molecule has 3 aromatic rings. The third-order valence-electron chi connectivity index (χ3n) is 3.73. The van der Waals surface area contributed by atoms with Crippen molar-refractivity contribution in [1.82, 2.24) is 4.98 Å². The van der Waals surface area contributed by atoms with Crippen LogP contribution in [0, 0.1) is 6.92 Å². The van der Waals surface area contributed by atoms with Crippen molar-refractivity contribution in [1.29, 1.82) is 0 Å². The van der Waals surface area contributed by atoms with Crippen molar-refractivity contribution < 1.29 is 4.79 Å². The molecule has 0 aliphatic heterocycles. The van der Waals surface area contributed by atoms with E-state index in [0.717, 1.165) is 27.7 Å². The second-order valence-corrected chi connectivity index (χ2v) is 5.82. The first kappa shape index (κ1) is 15.3. The molecule has 116 valence electrons. The lowest BCUT2D eigenvalue weighted by Crippen LogP contribution is -2.13. The molecule has 1 amide bonds. The zero-order chi connectivity index (χ0) is 16.4. The molecule has 0 aliphatic carbocycles. The summed E-state index contributed by atoms with van der Waals surface area (Å²) in [5.74, 6) is -0.430. The number of nitrogens with zero attached hydrogens (tertiary/aromatic N) is 1. The van der Waals surface area contributed by atoms with Gasteiger partial charge in [-0.05, 0) is 48.4 Å². The van der Waals surface area contributed by atoms with Gasteiger partial charge in [0, 0.05) is 34.4 Å². The largest absolute Gasteiger partial charge is 0.381 e. The molecule has 3 N–H and O–H groups in total. The topological polar surface area (TPSA) is 68.0 Å². The normalized spacial score (nSPS) is 10.7. The van der Waals surface area contributed by atoms with Crippen LogP contribution < -0.4 is 11.1 Å². The molecule has 0 bridgehead atoms. The molecular weight excluding hydrogens is 310 g/mol. The van der Waals surface area contributed by atoms with Crippen molar-refractivity contribution in [2.24, 2.45) is 5.73 Å². The van der Waals surface area contributed by atoms with Gasteiger partial charge in [-0.3, -0.25) is 9.78 Å². The molecule has 0 unspecified atom stereocenters. The van der Waals surface area contributed by atoms with Gasteiger partial charge in [0.1, 0.15) is 0 Å². The van der Waals surface area contributed by atoms with Crippen molar-refractivity contribution in [3.05, 3.63) is 70.4 Å². The number of hydrogen-bond donors (Lipinski definition) is 2. The van der Waals surface area contributed by atoms with Crippen LogP contribution in [0.3, 0.4) is 0 Å². The molecule has 3 rings (SSSR count). The summed E-state index contributed by atoms with van der Waals surface area (Å²) in [6.45, 7) is 2.41. The summed E-state index contributed by atoms with van der Waals surface area (Å²) >= 11 is 6.18. The van der Waals surface area contributed by atoms with Gasteiger partial charge in [0.2, 0.25) is 5.91 Å². The van der Waals surface area contributed by atoms with Gasteiger partial charge in [-0.1, -0.05) is 23.7 Å². The van der Waals surface area contributed by atoms with Crippen molar-refractivity contribution >= 4 is 34.1 Å². The average Bonchev–Trinajstić information content (AvgIpc) is 2.53. The molecule has 0 atom stereocenters.